The third kappa shape index (κ3) is 4.39. The molecule has 0 saturated carbocycles. The number of imide groups is 1. The van der Waals surface area contributed by atoms with Crippen molar-refractivity contribution in [2.24, 2.45) is 0 Å². The Kier molecular flexibility index (Phi) is 6.28. The van der Waals surface area contributed by atoms with E-state index in [0.29, 0.717) is 0 Å². The van der Waals surface area contributed by atoms with E-state index >= 15 is 0 Å². The molecule has 1 fully saturated rings. The molecule has 2 atom stereocenters. The standard InChI is InChI=1S/C22H21ClN2O7S/c1-13-10-24(11-14(2)32-13)33(29,30)19-9-15(7-8-18(19)23)22(28)31-12-25-20(26)16-5-3-4-6-17(16)21(25)27/h3-9,13-14H,10-12H2,1-2H3/t13-,14-/m1/s1. The van der Waals surface area contributed by atoms with E-state index in [0.717, 1.165) is 11.0 Å². The summed E-state index contributed by atoms with van der Waals surface area (Å²) in [6, 6.07) is 10.0. The van der Waals surface area contributed by atoms with Gasteiger partial charge >= 0.3 is 5.97 Å². The van der Waals surface area contributed by atoms with Crippen LogP contribution in [-0.2, 0) is 19.5 Å². The van der Waals surface area contributed by atoms with Crippen LogP contribution in [-0.4, -0.2) is 67.4 Å². The number of carbonyl (C=O) groups is 3. The molecule has 0 bridgehead atoms. The number of esters is 1. The maximum absolute atomic E-state index is 13.2. The first-order chi connectivity index (χ1) is 15.6. The summed E-state index contributed by atoms with van der Waals surface area (Å²) >= 11 is 6.16. The average molecular weight is 493 g/mol. The van der Waals surface area contributed by atoms with Crippen molar-refractivity contribution >= 4 is 39.4 Å². The van der Waals surface area contributed by atoms with E-state index in [1.54, 1.807) is 26.0 Å². The zero-order valence-electron chi connectivity index (χ0n) is 17.9. The number of fused-ring (bicyclic) bond motifs is 1. The van der Waals surface area contributed by atoms with E-state index in [2.05, 4.69) is 0 Å². The number of amides is 2. The predicted molar refractivity (Wildman–Crippen MR) is 117 cm³/mol. The average Bonchev–Trinajstić information content (AvgIpc) is 3.01. The van der Waals surface area contributed by atoms with Crippen LogP contribution in [0.25, 0.3) is 0 Å². The first kappa shape index (κ1) is 23.4. The summed E-state index contributed by atoms with van der Waals surface area (Å²) in [4.78, 5) is 38.0. The molecule has 9 nitrogen and oxygen atoms in total. The molecular formula is C22H21ClN2O7S. The van der Waals surface area contributed by atoms with Crippen molar-refractivity contribution in [1.29, 1.82) is 0 Å². The Balaban J connectivity index is 1.51. The van der Waals surface area contributed by atoms with Gasteiger partial charge in [0.25, 0.3) is 11.8 Å². The van der Waals surface area contributed by atoms with Gasteiger partial charge < -0.3 is 9.47 Å². The molecule has 11 heteroatoms. The van der Waals surface area contributed by atoms with Gasteiger partial charge in [0.15, 0.2) is 6.73 Å². The topological polar surface area (TPSA) is 110 Å². The molecule has 0 radical (unpaired) electrons. The molecule has 1 saturated heterocycles. The second-order valence-corrected chi connectivity index (χ2v) is 10.2. The van der Waals surface area contributed by atoms with Crippen LogP contribution in [0.5, 0.6) is 0 Å². The van der Waals surface area contributed by atoms with Crippen molar-refractivity contribution in [1.82, 2.24) is 9.21 Å². The Labute approximate surface area is 195 Å². The Morgan fingerprint density at radius 1 is 1.06 bits per heavy atom. The second kappa shape index (κ2) is 8.86. The lowest BCUT2D eigenvalue weighted by atomic mass is 10.1. The minimum Gasteiger partial charge on any atom is -0.440 e. The van der Waals surface area contributed by atoms with Crippen molar-refractivity contribution in [2.75, 3.05) is 19.8 Å². The molecule has 2 amide bonds. The van der Waals surface area contributed by atoms with E-state index in [4.69, 9.17) is 21.1 Å². The van der Waals surface area contributed by atoms with Crippen LogP contribution >= 0.6 is 11.6 Å². The van der Waals surface area contributed by atoms with E-state index in [1.165, 1.54) is 28.6 Å². The Morgan fingerprint density at radius 2 is 1.64 bits per heavy atom. The number of sulfonamides is 1. The quantitative estimate of drug-likeness (QED) is 0.466. The highest BCUT2D eigenvalue weighted by Gasteiger charge is 2.36. The lowest BCUT2D eigenvalue weighted by molar-refractivity contribution is -0.0440. The van der Waals surface area contributed by atoms with E-state index in [1.807, 2.05) is 0 Å². The minimum atomic E-state index is -4.00. The van der Waals surface area contributed by atoms with E-state index in [9.17, 15) is 22.8 Å². The van der Waals surface area contributed by atoms with Crippen LogP contribution < -0.4 is 0 Å². The van der Waals surface area contributed by atoms with Crippen LogP contribution in [0.1, 0.15) is 44.9 Å². The van der Waals surface area contributed by atoms with Gasteiger partial charge in [0.05, 0.1) is 33.9 Å². The van der Waals surface area contributed by atoms with Crippen molar-refractivity contribution in [3.05, 3.63) is 64.2 Å². The summed E-state index contributed by atoms with van der Waals surface area (Å²) in [7, 11) is -4.00. The molecular weight excluding hydrogens is 472 g/mol. The molecule has 0 N–H and O–H groups in total. The summed E-state index contributed by atoms with van der Waals surface area (Å²) in [6.07, 6.45) is -0.592. The first-order valence-corrected chi connectivity index (χ1v) is 12.0. The molecule has 0 aromatic heterocycles. The molecule has 0 spiro atoms. The number of hydrogen-bond acceptors (Lipinski definition) is 7. The number of morpholine rings is 1. The third-order valence-electron chi connectivity index (χ3n) is 5.37. The lowest BCUT2D eigenvalue weighted by Gasteiger charge is -2.34. The molecule has 2 heterocycles. The zero-order chi connectivity index (χ0) is 23.9. The maximum Gasteiger partial charge on any atom is 0.339 e. The highest BCUT2D eigenvalue weighted by atomic mass is 35.5. The molecule has 2 aromatic rings. The number of hydrogen-bond donors (Lipinski definition) is 0. The van der Waals surface area contributed by atoms with Crippen LogP contribution in [0, 0.1) is 0 Å². The molecule has 33 heavy (non-hydrogen) atoms. The Bertz CT molecular complexity index is 1200. The zero-order valence-corrected chi connectivity index (χ0v) is 19.4. The van der Waals surface area contributed by atoms with Crippen LogP contribution in [0.4, 0.5) is 0 Å². The number of carbonyl (C=O) groups excluding carboxylic acids is 3. The summed E-state index contributed by atoms with van der Waals surface area (Å²) in [5, 5.41) is -0.0429. The fourth-order valence-electron chi connectivity index (χ4n) is 3.86. The fraction of sp³-hybridized carbons (Fsp3) is 0.318. The normalized spacial score (nSPS) is 21.2. The molecule has 2 aromatic carbocycles. The summed E-state index contributed by atoms with van der Waals surface area (Å²) in [5.74, 6) is -2.04. The van der Waals surface area contributed by atoms with Gasteiger partial charge in [-0.1, -0.05) is 23.7 Å². The number of benzene rings is 2. The highest BCUT2D eigenvalue weighted by Crippen LogP contribution is 2.29. The number of ether oxygens (including phenoxy) is 2. The van der Waals surface area contributed by atoms with Crippen molar-refractivity contribution in [2.45, 2.75) is 31.0 Å². The number of rotatable bonds is 5. The molecule has 4 rings (SSSR count). The van der Waals surface area contributed by atoms with E-state index < -0.39 is 34.5 Å². The highest BCUT2D eigenvalue weighted by molar-refractivity contribution is 7.89. The maximum atomic E-state index is 13.2. The summed E-state index contributed by atoms with van der Waals surface area (Å²) in [5.41, 5.74) is 0.378. The molecule has 2 aliphatic rings. The summed E-state index contributed by atoms with van der Waals surface area (Å²) in [6.45, 7) is 3.24. The largest absolute Gasteiger partial charge is 0.440 e. The third-order valence-corrected chi connectivity index (χ3v) is 7.69. The minimum absolute atomic E-state index is 0.0429. The number of nitrogens with zero attached hydrogens (tertiary/aromatic N) is 2. The predicted octanol–water partition coefficient (Wildman–Crippen LogP) is 2.55. The Hall–Kier alpha value is -2.79. The fourth-order valence-corrected chi connectivity index (χ4v) is 5.95. The van der Waals surface area contributed by atoms with Crippen molar-refractivity contribution in [3.8, 4) is 0 Å². The molecule has 2 aliphatic heterocycles. The smallest absolute Gasteiger partial charge is 0.339 e. The van der Waals surface area contributed by atoms with Gasteiger partial charge in [-0.15, -0.1) is 0 Å². The summed E-state index contributed by atoms with van der Waals surface area (Å²) < 4.78 is 38.4. The van der Waals surface area contributed by atoms with Gasteiger partial charge in [-0.05, 0) is 44.2 Å². The van der Waals surface area contributed by atoms with Gasteiger partial charge in [0.2, 0.25) is 10.0 Å². The van der Waals surface area contributed by atoms with Crippen molar-refractivity contribution in [3.63, 3.8) is 0 Å². The van der Waals surface area contributed by atoms with Gasteiger partial charge in [-0.3, -0.25) is 9.59 Å². The lowest BCUT2D eigenvalue weighted by Crippen LogP contribution is -2.48. The van der Waals surface area contributed by atoms with Gasteiger partial charge in [0.1, 0.15) is 4.90 Å². The molecule has 174 valence electrons. The van der Waals surface area contributed by atoms with Gasteiger partial charge in [0, 0.05) is 13.1 Å². The van der Waals surface area contributed by atoms with Gasteiger partial charge in [-0.25, -0.2) is 18.1 Å². The van der Waals surface area contributed by atoms with Crippen LogP contribution in [0.15, 0.2) is 47.4 Å². The first-order valence-electron chi connectivity index (χ1n) is 10.2. The van der Waals surface area contributed by atoms with Crippen molar-refractivity contribution < 1.29 is 32.3 Å². The molecule has 0 aliphatic carbocycles. The Morgan fingerprint density at radius 3 is 2.21 bits per heavy atom. The molecule has 0 unspecified atom stereocenters. The monoisotopic (exact) mass is 492 g/mol. The van der Waals surface area contributed by atoms with Crippen LogP contribution in [0.3, 0.4) is 0 Å². The number of halogens is 1. The van der Waals surface area contributed by atoms with E-state index in [-0.39, 0.29) is 51.9 Å². The van der Waals surface area contributed by atoms with Crippen LogP contribution in [0.2, 0.25) is 5.02 Å². The van der Waals surface area contributed by atoms with Gasteiger partial charge in [-0.2, -0.15) is 4.31 Å². The second-order valence-electron chi connectivity index (χ2n) is 7.87. The SMILES string of the molecule is C[C@@H]1CN(S(=O)(=O)c2cc(C(=O)OCN3C(=O)c4ccccc4C3=O)ccc2Cl)C[C@@H](C)O1.